The highest BCUT2D eigenvalue weighted by atomic mass is 32.2. The summed E-state index contributed by atoms with van der Waals surface area (Å²) in [6, 6.07) is 10.3. The van der Waals surface area contributed by atoms with Gasteiger partial charge < -0.3 is 20.1 Å². The normalized spacial score (nSPS) is 13.7. The van der Waals surface area contributed by atoms with E-state index in [9.17, 15) is 18.0 Å². The number of urea groups is 1. The van der Waals surface area contributed by atoms with Gasteiger partial charge in [0.25, 0.3) is 10.0 Å². The highest BCUT2D eigenvalue weighted by Gasteiger charge is 2.23. The predicted molar refractivity (Wildman–Crippen MR) is 111 cm³/mol. The lowest BCUT2D eigenvalue weighted by atomic mass is 10.1. The van der Waals surface area contributed by atoms with Crippen molar-refractivity contribution in [2.24, 2.45) is 0 Å². The molecule has 160 valence electrons. The third-order valence-corrected chi connectivity index (χ3v) is 6.07. The van der Waals surface area contributed by atoms with E-state index in [4.69, 9.17) is 9.84 Å². The quantitative estimate of drug-likeness (QED) is 0.617. The van der Waals surface area contributed by atoms with Crippen LogP contribution < -0.4 is 14.8 Å². The fourth-order valence-electron chi connectivity index (χ4n) is 3.21. The minimum atomic E-state index is -4.12. The van der Waals surface area contributed by atoms with Crippen LogP contribution in [0.2, 0.25) is 0 Å². The van der Waals surface area contributed by atoms with Gasteiger partial charge in [0.2, 0.25) is 0 Å². The zero-order valence-electron chi connectivity index (χ0n) is 16.4. The number of benzene rings is 2. The molecule has 9 nitrogen and oxygen atoms in total. The number of carboxylic acid groups (broad SMARTS) is 1. The van der Waals surface area contributed by atoms with Crippen molar-refractivity contribution in [1.82, 2.24) is 4.90 Å². The van der Waals surface area contributed by atoms with Gasteiger partial charge in [-0.2, -0.15) is 0 Å². The predicted octanol–water partition coefficient (Wildman–Crippen LogP) is 2.75. The van der Waals surface area contributed by atoms with Crippen molar-refractivity contribution < 1.29 is 27.9 Å². The van der Waals surface area contributed by atoms with Gasteiger partial charge in [0, 0.05) is 13.1 Å². The highest BCUT2D eigenvalue weighted by Crippen LogP contribution is 2.30. The molecule has 1 aliphatic heterocycles. The van der Waals surface area contributed by atoms with E-state index < -0.39 is 16.0 Å². The lowest BCUT2D eigenvalue weighted by Crippen LogP contribution is -2.32. The number of carbonyl (C=O) groups excluding carboxylic acids is 1. The molecule has 1 fully saturated rings. The van der Waals surface area contributed by atoms with Gasteiger partial charge in [-0.15, -0.1) is 0 Å². The zero-order chi connectivity index (χ0) is 21.7. The first kappa shape index (κ1) is 21.4. The number of sulfonamides is 1. The standard InChI is InChI=1S/C20H23N3O6S/c1-29-17-9-8-14(13-19(24)25)12-18(17)30(27,28)22-16-7-3-2-6-15(16)21-20(26)23-10-4-5-11-23/h2-3,6-9,12,22H,4-5,10-11,13H2,1H3,(H,21,26)(H,24,25). The number of hydrogen-bond donors (Lipinski definition) is 3. The van der Waals surface area contributed by atoms with Crippen LogP contribution in [0.3, 0.4) is 0 Å². The number of nitrogens with one attached hydrogen (secondary N) is 2. The Bertz CT molecular complexity index is 1050. The fraction of sp³-hybridized carbons (Fsp3) is 0.300. The third-order valence-electron chi connectivity index (χ3n) is 4.68. The Kier molecular flexibility index (Phi) is 6.46. The number of hydrogen-bond acceptors (Lipinski definition) is 5. The molecule has 3 rings (SSSR count). The van der Waals surface area contributed by atoms with E-state index in [-0.39, 0.29) is 28.8 Å². The van der Waals surface area contributed by atoms with E-state index >= 15 is 0 Å². The Hall–Kier alpha value is -3.27. The number of carbonyl (C=O) groups is 2. The van der Waals surface area contributed by atoms with Crippen molar-refractivity contribution >= 4 is 33.4 Å². The molecule has 2 aromatic rings. The Morgan fingerprint density at radius 1 is 1.10 bits per heavy atom. The van der Waals surface area contributed by atoms with Crippen LogP contribution in [0.25, 0.3) is 0 Å². The minimum absolute atomic E-state index is 0.0789. The van der Waals surface area contributed by atoms with Crippen LogP contribution in [-0.2, 0) is 21.2 Å². The maximum Gasteiger partial charge on any atom is 0.321 e. The van der Waals surface area contributed by atoms with Gasteiger partial charge in [-0.1, -0.05) is 18.2 Å². The summed E-state index contributed by atoms with van der Waals surface area (Å²) in [5, 5.41) is 11.7. The molecular weight excluding hydrogens is 410 g/mol. The van der Waals surface area contributed by atoms with Crippen molar-refractivity contribution in [1.29, 1.82) is 0 Å². The molecule has 0 saturated carbocycles. The summed E-state index contributed by atoms with van der Waals surface area (Å²) < 4.78 is 33.7. The number of para-hydroxylation sites is 2. The second-order valence-electron chi connectivity index (χ2n) is 6.83. The molecule has 1 saturated heterocycles. The lowest BCUT2D eigenvalue weighted by Gasteiger charge is -2.19. The van der Waals surface area contributed by atoms with E-state index in [1.54, 1.807) is 23.1 Å². The zero-order valence-corrected chi connectivity index (χ0v) is 17.2. The van der Waals surface area contributed by atoms with Crippen LogP contribution >= 0.6 is 0 Å². The Morgan fingerprint density at radius 3 is 2.40 bits per heavy atom. The van der Waals surface area contributed by atoms with Crippen LogP contribution in [0, 0.1) is 0 Å². The van der Waals surface area contributed by atoms with Gasteiger partial charge in [0.1, 0.15) is 10.6 Å². The summed E-state index contributed by atoms with van der Waals surface area (Å²) in [4.78, 5) is 24.9. The molecule has 0 spiro atoms. The number of nitrogens with zero attached hydrogens (tertiary/aromatic N) is 1. The van der Waals surface area contributed by atoms with Crippen molar-refractivity contribution in [3.63, 3.8) is 0 Å². The second-order valence-corrected chi connectivity index (χ2v) is 8.48. The van der Waals surface area contributed by atoms with Gasteiger partial charge >= 0.3 is 12.0 Å². The number of ether oxygens (including phenoxy) is 1. The second kappa shape index (κ2) is 9.04. The van der Waals surface area contributed by atoms with Gasteiger partial charge in [-0.3, -0.25) is 9.52 Å². The van der Waals surface area contributed by atoms with Crippen LogP contribution in [0.15, 0.2) is 47.4 Å². The summed E-state index contributed by atoms with van der Waals surface area (Å²) in [7, 11) is -2.80. The number of likely N-dealkylation sites (tertiary alicyclic amines) is 1. The van der Waals surface area contributed by atoms with Gasteiger partial charge in [0.15, 0.2) is 0 Å². The number of anilines is 2. The van der Waals surface area contributed by atoms with Crippen molar-refractivity contribution in [2.75, 3.05) is 30.2 Å². The lowest BCUT2D eigenvalue weighted by molar-refractivity contribution is -0.136. The van der Waals surface area contributed by atoms with Gasteiger partial charge in [-0.25, -0.2) is 13.2 Å². The molecule has 0 radical (unpaired) electrons. The van der Waals surface area contributed by atoms with E-state index in [2.05, 4.69) is 10.0 Å². The fourth-order valence-corrected chi connectivity index (χ4v) is 4.51. The molecule has 0 aromatic heterocycles. The molecular formula is C20H23N3O6S. The number of carboxylic acids is 1. The SMILES string of the molecule is COc1ccc(CC(=O)O)cc1S(=O)(=O)Nc1ccccc1NC(=O)N1CCCC1. The summed E-state index contributed by atoms with van der Waals surface area (Å²) in [6.07, 6.45) is 1.55. The molecule has 1 aliphatic rings. The average molecular weight is 433 g/mol. The number of aliphatic carboxylic acids is 1. The molecule has 2 amide bonds. The molecule has 1 heterocycles. The maximum atomic E-state index is 13.1. The molecule has 0 aliphatic carbocycles. The monoisotopic (exact) mass is 433 g/mol. The molecule has 0 unspecified atom stereocenters. The van der Waals surface area contributed by atoms with Gasteiger partial charge in [0.05, 0.1) is 24.9 Å². The summed E-state index contributed by atoms with van der Waals surface area (Å²) >= 11 is 0. The van der Waals surface area contributed by atoms with E-state index in [1.165, 1.54) is 31.4 Å². The van der Waals surface area contributed by atoms with Crippen LogP contribution in [0.5, 0.6) is 5.75 Å². The van der Waals surface area contributed by atoms with Crippen molar-refractivity contribution in [3.05, 3.63) is 48.0 Å². The Morgan fingerprint density at radius 2 is 1.77 bits per heavy atom. The molecule has 10 heteroatoms. The van der Waals surface area contributed by atoms with Crippen LogP contribution in [0.1, 0.15) is 18.4 Å². The van der Waals surface area contributed by atoms with E-state index in [0.29, 0.717) is 24.3 Å². The first-order valence-corrected chi connectivity index (χ1v) is 10.8. The van der Waals surface area contributed by atoms with Gasteiger partial charge in [-0.05, 0) is 42.7 Å². The number of methoxy groups -OCH3 is 1. The van der Waals surface area contributed by atoms with Crippen LogP contribution in [-0.4, -0.2) is 50.6 Å². The summed E-state index contributed by atoms with van der Waals surface area (Å²) in [5.41, 5.74) is 0.827. The first-order valence-electron chi connectivity index (χ1n) is 9.36. The third kappa shape index (κ3) is 5.01. The largest absolute Gasteiger partial charge is 0.495 e. The first-order chi connectivity index (χ1) is 14.3. The summed E-state index contributed by atoms with van der Waals surface area (Å²) in [5.74, 6) is -0.998. The highest BCUT2D eigenvalue weighted by molar-refractivity contribution is 7.92. The van der Waals surface area contributed by atoms with E-state index in [1.807, 2.05) is 0 Å². The van der Waals surface area contributed by atoms with E-state index in [0.717, 1.165) is 12.8 Å². The smallest absolute Gasteiger partial charge is 0.321 e. The Balaban J connectivity index is 1.88. The number of amides is 2. The molecule has 0 atom stereocenters. The van der Waals surface area contributed by atoms with Crippen molar-refractivity contribution in [2.45, 2.75) is 24.2 Å². The minimum Gasteiger partial charge on any atom is -0.495 e. The number of rotatable bonds is 7. The average Bonchev–Trinajstić information content (AvgIpc) is 3.24. The van der Waals surface area contributed by atoms with Crippen molar-refractivity contribution in [3.8, 4) is 5.75 Å². The molecule has 0 bridgehead atoms. The Labute approximate surface area is 174 Å². The maximum absolute atomic E-state index is 13.1. The molecule has 3 N–H and O–H groups in total. The van der Waals surface area contributed by atoms with Crippen LogP contribution in [0.4, 0.5) is 16.2 Å². The summed E-state index contributed by atoms with van der Waals surface area (Å²) in [6.45, 7) is 1.32. The molecule has 2 aromatic carbocycles. The molecule has 30 heavy (non-hydrogen) atoms. The topological polar surface area (TPSA) is 125 Å².